The Morgan fingerprint density at radius 2 is 2.16 bits per heavy atom. The van der Waals surface area contributed by atoms with Crippen LogP contribution in [0.3, 0.4) is 0 Å². The number of anilines is 1. The monoisotopic (exact) mass is 288 g/mol. The topological polar surface area (TPSA) is 101 Å². The van der Waals surface area contributed by atoms with Crippen molar-refractivity contribution in [3.63, 3.8) is 0 Å². The van der Waals surface area contributed by atoms with Gasteiger partial charge in [0, 0.05) is 12.6 Å². The van der Waals surface area contributed by atoms with Crippen molar-refractivity contribution < 1.29 is 10.0 Å². The van der Waals surface area contributed by atoms with Crippen LogP contribution >= 0.6 is 11.6 Å². The van der Waals surface area contributed by atoms with Crippen LogP contribution < -0.4 is 5.32 Å². The van der Waals surface area contributed by atoms with Crippen molar-refractivity contribution in [2.45, 2.75) is 33.2 Å². The fourth-order valence-corrected chi connectivity index (χ4v) is 1.84. The smallest absolute Gasteiger partial charge is 0.348 e. The molecule has 7 nitrogen and oxygen atoms in total. The lowest BCUT2D eigenvalue weighted by molar-refractivity contribution is -0.384. The van der Waals surface area contributed by atoms with Crippen LogP contribution in [0.2, 0.25) is 5.15 Å². The highest BCUT2D eigenvalue weighted by molar-refractivity contribution is 6.31. The summed E-state index contributed by atoms with van der Waals surface area (Å²) in [7, 11) is 0. The molecule has 0 saturated heterocycles. The molecule has 0 spiro atoms. The molecule has 1 atom stereocenters. The van der Waals surface area contributed by atoms with E-state index in [1.807, 2.05) is 20.8 Å². The lowest BCUT2D eigenvalue weighted by Gasteiger charge is -2.31. The molecule has 1 rings (SSSR count). The van der Waals surface area contributed by atoms with Gasteiger partial charge in [-0.25, -0.2) is 9.97 Å². The molecule has 0 fully saturated rings. The van der Waals surface area contributed by atoms with E-state index in [2.05, 4.69) is 15.3 Å². The van der Waals surface area contributed by atoms with Gasteiger partial charge in [-0.05, 0) is 11.8 Å². The zero-order chi connectivity index (χ0) is 14.6. The third-order valence-corrected chi connectivity index (χ3v) is 3.01. The molecule has 106 valence electrons. The average Bonchev–Trinajstić information content (AvgIpc) is 2.26. The number of nitrogens with one attached hydrogen (secondary N) is 1. The second-order valence-corrected chi connectivity index (χ2v) is 5.55. The Labute approximate surface area is 116 Å². The first-order valence-corrected chi connectivity index (χ1v) is 6.17. The Morgan fingerprint density at radius 3 is 2.63 bits per heavy atom. The predicted octanol–water partition coefficient (Wildman–Crippen LogP) is 2.25. The molecule has 0 aliphatic carbocycles. The van der Waals surface area contributed by atoms with Crippen LogP contribution in [0.5, 0.6) is 0 Å². The van der Waals surface area contributed by atoms with E-state index < -0.39 is 4.92 Å². The number of hydrogen-bond acceptors (Lipinski definition) is 6. The van der Waals surface area contributed by atoms with Gasteiger partial charge >= 0.3 is 5.69 Å². The Kier molecular flexibility index (Phi) is 5.02. The number of rotatable bonds is 5. The molecule has 1 unspecified atom stereocenters. The number of halogens is 1. The summed E-state index contributed by atoms with van der Waals surface area (Å²) in [6.45, 7) is 5.88. The molecule has 0 aliphatic rings. The molecule has 0 aromatic carbocycles. The van der Waals surface area contributed by atoms with E-state index in [9.17, 15) is 10.1 Å². The Bertz CT molecular complexity index is 462. The van der Waals surface area contributed by atoms with Gasteiger partial charge in [-0.15, -0.1) is 0 Å². The quantitative estimate of drug-likeness (QED) is 0.489. The van der Waals surface area contributed by atoms with Crippen LogP contribution in [0.1, 0.15) is 27.2 Å². The van der Waals surface area contributed by atoms with Crippen LogP contribution in [-0.2, 0) is 0 Å². The molecule has 0 saturated carbocycles. The minimum Gasteiger partial charge on any atom is -0.396 e. The average molecular weight is 289 g/mol. The summed E-state index contributed by atoms with van der Waals surface area (Å²) in [4.78, 5) is 17.8. The summed E-state index contributed by atoms with van der Waals surface area (Å²) < 4.78 is 0. The first kappa shape index (κ1) is 15.6. The van der Waals surface area contributed by atoms with Crippen LogP contribution in [0.4, 0.5) is 11.5 Å². The Balaban J connectivity index is 3.10. The zero-order valence-corrected chi connectivity index (χ0v) is 11.8. The molecular weight excluding hydrogens is 272 g/mol. The third-order valence-electron chi connectivity index (χ3n) is 2.73. The van der Waals surface area contributed by atoms with Crippen molar-refractivity contribution in [1.29, 1.82) is 0 Å². The molecule has 1 aromatic heterocycles. The number of nitro groups is 1. The largest absolute Gasteiger partial charge is 0.396 e. The minimum absolute atomic E-state index is 0.0262. The highest BCUT2D eigenvalue weighted by Crippen LogP contribution is 2.32. The van der Waals surface area contributed by atoms with E-state index in [-0.39, 0.29) is 34.7 Å². The third kappa shape index (κ3) is 4.00. The van der Waals surface area contributed by atoms with E-state index in [0.717, 1.165) is 6.33 Å². The number of nitrogens with zero attached hydrogens (tertiary/aromatic N) is 3. The number of aliphatic hydroxyl groups is 1. The van der Waals surface area contributed by atoms with Crippen molar-refractivity contribution >= 4 is 23.1 Å². The van der Waals surface area contributed by atoms with E-state index in [0.29, 0.717) is 6.42 Å². The highest BCUT2D eigenvalue weighted by atomic mass is 35.5. The van der Waals surface area contributed by atoms with Gasteiger partial charge in [-0.1, -0.05) is 32.4 Å². The number of hydrogen-bond donors (Lipinski definition) is 2. The standard InChI is InChI=1S/C11H17ClN4O3/c1-11(2,3)7(4-5-17)15-10-8(16(18)19)9(12)13-6-14-10/h6-7,17H,4-5H2,1-3H3,(H,13,14,15). The molecule has 1 heterocycles. The van der Waals surface area contributed by atoms with Crippen molar-refractivity contribution in [1.82, 2.24) is 9.97 Å². The lowest BCUT2D eigenvalue weighted by Crippen LogP contribution is -2.35. The van der Waals surface area contributed by atoms with Crippen molar-refractivity contribution in [2.24, 2.45) is 5.41 Å². The predicted molar refractivity (Wildman–Crippen MR) is 72.3 cm³/mol. The van der Waals surface area contributed by atoms with Gasteiger partial charge in [-0.2, -0.15) is 0 Å². The van der Waals surface area contributed by atoms with Gasteiger partial charge in [-0.3, -0.25) is 10.1 Å². The summed E-state index contributed by atoms with van der Waals surface area (Å²) in [5.74, 6) is 0.0679. The molecule has 1 aromatic rings. The number of aromatic nitrogens is 2. The minimum atomic E-state index is -0.622. The number of aliphatic hydroxyl groups excluding tert-OH is 1. The fraction of sp³-hybridized carbons (Fsp3) is 0.636. The summed E-state index contributed by atoms with van der Waals surface area (Å²) in [6, 6.07) is -0.179. The maximum absolute atomic E-state index is 11.0. The van der Waals surface area contributed by atoms with Crippen molar-refractivity contribution in [2.75, 3.05) is 11.9 Å². The molecule has 0 aliphatic heterocycles. The summed E-state index contributed by atoms with van der Waals surface area (Å²) in [5, 5.41) is 22.8. The van der Waals surface area contributed by atoms with Gasteiger partial charge in [0.05, 0.1) is 4.92 Å². The summed E-state index contributed by atoms with van der Waals surface area (Å²) in [6.07, 6.45) is 1.61. The Morgan fingerprint density at radius 1 is 1.53 bits per heavy atom. The Hall–Kier alpha value is -1.47. The van der Waals surface area contributed by atoms with Crippen LogP contribution in [0.15, 0.2) is 6.33 Å². The molecule has 0 radical (unpaired) electrons. The van der Waals surface area contributed by atoms with Gasteiger partial charge < -0.3 is 10.4 Å². The van der Waals surface area contributed by atoms with E-state index in [1.165, 1.54) is 0 Å². The SMILES string of the molecule is CC(C)(C)C(CCO)Nc1ncnc(Cl)c1[N+](=O)[O-]. The molecular formula is C11H17ClN4O3. The van der Waals surface area contributed by atoms with E-state index in [4.69, 9.17) is 16.7 Å². The zero-order valence-electron chi connectivity index (χ0n) is 11.1. The van der Waals surface area contributed by atoms with Crippen molar-refractivity contribution in [3.8, 4) is 0 Å². The van der Waals surface area contributed by atoms with Gasteiger partial charge in [0.2, 0.25) is 11.0 Å². The van der Waals surface area contributed by atoms with Crippen LogP contribution in [0.25, 0.3) is 0 Å². The van der Waals surface area contributed by atoms with Gasteiger partial charge in [0.25, 0.3) is 0 Å². The van der Waals surface area contributed by atoms with Gasteiger partial charge in [0.15, 0.2) is 0 Å². The fourth-order valence-electron chi connectivity index (χ4n) is 1.64. The van der Waals surface area contributed by atoms with E-state index in [1.54, 1.807) is 0 Å². The molecule has 0 bridgehead atoms. The van der Waals surface area contributed by atoms with Crippen molar-refractivity contribution in [3.05, 3.63) is 21.6 Å². The van der Waals surface area contributed by atoms with Crippen LogP contribution in [0, 0.1) is 15.5 Å². The maximum Gasteiger partial charge on any atom is 0.348 e. The molecule has 0 amide bonds. The van der Waals surface area contributed by atoms with Crippen LogP contribution in [-0.4, -0.2) is 32.6 Å². The first-order valence-electron chi connectivity index (χ1n) is 5.79. The maximum atomic E-state index is 11.0. The molecule has 2 N–H and O–H groups in total. The highest BCUT2D eigenvalue weighted by Gasteiger charge is 2.29. The lowest BCUT2D eigenvalue weighted by atomic mass is 9.85. The van der Waals surface area contributed by atoms with Gasteiger partial charge in [0.1, 0.15) is 6.33 Å². The second-order valence-electron chi connectivity index (χ2n) is 5.19. The second kappa shape index (κ2) is 6.12. The normalized spacial score (nSPS) is 13.1. The molecule has 19 heavy (non-hydrogen) atoms. The first-order chi connectivity index (χ1) is 8.77. The summed E-state index contributed by atoms with van der Waals surface area (Å²) >= 11 is 5.72. The summed E-state index contributed by atoms with van der Waals surface area (Å²) in [5.41, 5.74) is -0.551. The van der Waals surface area contributed by atoms with E-state index >= 15 is 0 Å². The molecule has 8 heteroatoms.